The van der Waals surface area contributed by atoms with Crippen LogP contribution in [0.3, 0.4) is 0 Å². The zero-order valence-corrected chi connectivity index (χ0v) is 19.6. The molecule has 0 spiro atoms. The number of allylic oxidation sites excluding steroid dienone is 6. The van der Waals surface area contributed by atoms with E-state index in [0.717, 1.165) is 37.9 Å². The number of thiol groups is 1. The minimum absolute atomic E-state index is 0.314. The zero-order valence-electron chi connectivity index (χ0n) is 18.7. The van der Waals surface area contributed by atoms with Crippen molar-refractivity contribution in [2.24, 2.45) is 0 Å². The monoisotopic (exact) mass is 411 g/mol. The SMILES string of the molecule is C=C(/C(C)=C/C(C)=C(C)/C=C\S)N(/C=C(\C)CCC)CCCc1ccc(O)cc1. The van der Waals surface area contributed by atoms with Crippen molar-refractivity contribution >= 4 is 12.6 Å². The molecule has 3 heteroatoms. The quantitative estimate of drug-likeness (QED) is 0.290. The highest BCUT2D eigenvalue weighted by atomic mass is 32.1. The van der Waals surface area contributed by atoms with Crippen LogP contribution in [0, 0.1) is 0 Å². The van der Waals surface area contributed by atoms with E-state index in [1.807, 2.05) is 18.2 Å². The van der Waals surface area contributed by atoms with Gasteiger partial charge in [0.1, 0.15) is 5.75 Å². The van der Waals surface area contributed by atoms with Crippen molar-refractivity contribution in [1.82, 2.24) is 4.90 Å². The first-order valence-electron chi connectivity index (χ1n) is 10.4. The Morgan fingerprint density at radius 1 is 1.10 bits per heavy atom. The van der Waals surface area contributed by atoms with Crippen molar-refractivity contribution in [1.29, 1.82) is 0 Å². The molecule has 0 heterocycles. The molecule has 0 saturated carbocycles. The number of rotatable bonds is 11. The van der Waals surface area contributed by atoms with Gasteiger partial charge in [0.15, 0.2) is 0 Å². The number of aryl methyl sites for hydroxylation is 1. The Labute approximate surface area is 183 Å². The second kappa shape index (κ2) is 13.2. The maximum absolute atomic E-state index is 9.45. The lowest BCUT2D eigenvalue weighted by atomic mass is 10.1. The molecule has 0 amide bonds. The first-order chi connectivity index (χ1) is 13.8. The Morgan fingerprint density at radius 2 is 1.76 bits per heavy atom. The molecule has 0 radical (unpaired) electrons. The molecule has 1 aromatic carbocycles. The van der Waals surface area contributed by atoms with Crippen LogP contribution in [0.25, 0.3) is 0 Å². The molecule has 158 valence electrons. The Morgan fingerprint density at radius 3 is 2.34 bits per heavy atom. The largest absolute Gasteiger partial charge is 0.508 e. The summed E-state index contributed by atoms with van der Waals surface area (Å²) in [5.74, 6) is 0.314. The van der Waals surface area contributed by atoms with Crippen molar-refractivity contribution in [2.45, 2.75) is 60.3 Å². The maximum Gasteiger partial charge on any atom is 0.115 e. The van der Waals surface area contributed by atoms with Crippen molar-refractivity contribution in [2.75, 3.05) is 6.54 Å². The lowest BCUT2D eigenvalue weighted by molar-refractivity contribution is 0.454. The Balaban J connectivity index is 2.95. The normalized spacial score (nSPS) is 13.6. The minimum atomic E-state index is 0.314. The van der Waals surface area contributed by atoms with Crippen molar-refractivity contribution < 1.29 is 5.11 Å². The maximum atomic E-state index is 9.45. The molecule has 0 saturated heterocycles. The fraction of sp³-hybridized carbons (Fsp3) is 0.385. The molecule has 2 nitrogen and oxygen atoms in total. The van der Waals surface area contributed by atoms with Crippen LogP contribution in [-0.2, 0) is 6.42 Å². The van der Waals surface area contributed by atoms with E-state index < -0.39 is 0 Å². The highest BCUT2D eigenvalue weighted by Gasteiger charge is 2.09. The van der Waals surface area contributed by atoms with Gasteiger partial charge in [-0.1, -0.05) is 49.8 Å². The molecule has 0 fully saturated rings. The van der Waals surface area contributed by atoms with E-state index in [9.17, 15) is 5.11 Å². The number of nitrogens with zero attached hydrogens (tertiary/aromatic N) is 1. The fourth-order valence-electron chi connectivity index (χ4n) is 3.11. The number of phenols is 1. The van der Waals surface area contributed by atoms with Gasteiger partial charge >= 0.3 is 0 Å². The van der Waals surface area contributed by atoms with Gasteiger partial charge in [-0.25, -0.2) is 0 Å². The number of phenolic OH excluding ortho intramolecular Hbond substituents is 1. The molecule has 29 heavy (non-hydrogen) atoms. The molecule has 0 aliphatic carbocycles. The highest BCUT2D eigenvalue weighted by molar-refractivity contribution is 7.83. The molecule has 1 aromatic rings. The summed E-state index contributed by atoms with van der Waals surface area (Å²) in [6.45, 7) is 16.0. The van der Waals surface area contributed by atoms with Gasteiger partial charge in [-0.15, -0.1) is 0 Å². The Kier molecular flexibility index (Phi) is 11.3. The Hall–Kier alpha value is -2.13. The van der Waals surface area contributed by atoms with Crippen molar-refractivity contribution in [3.05, 3.63) is 88.2 Å². The molecule has 0 bridgehead atoms. The summed E-state index contributed by atoms with van der Waals surface area (Å²) in [6.07, 6.45) is 10.7. The number of hydrogen-bond donors (Lipinski definition) is 2. The second-order valence-electron chi connectivity index (χ2n) is 7.64. The summed E-state index contributed by atoms with van der Waals surface area (Å²) in [4.78, 5) is 2.29. The van der Waals surface area contributed by atoms with Crippen LogP contribution in [0.15, 0.2) is 82.6 Å². The highest BCUT2D eigenvalue weighted by Crippen LogP contribution is 2.21. The topological polar surface area (TPSA) is 23.5 Å². The number of benzene rings is 1. The van der Waals surface area contributed by atoms with E-state index in [2.05, 4.69) is 71.0 Å². The first-order valence-corrected chi connectivity index (χ1v) is 10.9. The molecular formula is C26H37NOS. The summed E-state index contributed by atoms with van der Waals surface area (Å²) < 4.78 is 0. The second-order valence-corrected chi connectivity index (χ2v) is 7.94. The Bertz CT molecular complexity index is 781. The molecule has 0 atom stereocenters. The van der Waals surface area contributed by atoms with Crippen LogP contribution in [0.4, 0.5) is 0 Å². The molecule has 1 rings (SSSR count). The van der Waals surface area contributed by atoms with Gasteiger partial charge in [0.05, 0.1) is 0 Å². The average molecular weight is 412 g/mol. The van der Waals surface area contributed by atoms with Gasteiger partial charge in [0.2, 0.25) is 0 Å². The summed E-state index contributed by atoms with van der Waals surface area (Å²) in [7, 11) is 0. The summed E-state index contributed by atoms with van der Waals surface area (Å²) in [6, 6.07) is 7.48. The molecule has 0 aliphatic heterocycles. The molecule has 0 aromatic heterocycles. The van der Waals surface area contributed by atoms with Gasteiger partial charge in [0.25, 0.3) is 0 Å². The predicted molar refractivity (Wildman–Crippen MR) is 131 cm³/mol. The fourth-order valence-corrected chi connectivity index (χ4v) is 3.33. The lowest BCUT2D eigenvalue weighted by Crippen LogP contribution is -2.19. The third-order valence-electron chi connectivity index (χ3n) is 5.00. The van der Waals surface area contributed by atoms with E-state index in [1.165, 1.54) is 27.9 Å². The number of hydrogen-bond acceptors (Lipinski definition) is 3. The summed E-state index contributed by atoms with van der Waals surface area (Å²) in [5, 5.41) is 11.2. The van der Waals surface area contributed by atoms with Gasteiger partial charge in [0, 0.05) is 18.4 Å². The van der Waals surface area contributed by atoms with Gasteiger partial charge < -0.3 is 10.0 Å². The lowest BCUT2D eigenvalue weighted by Gasteiger charge is -2.25. The van der Waals surface area contributed by atoms with Crippen LogP contribution >= 0.6 is 12.6 Å². The van der Waals surface area contributed by atoms with Crippen LogP contribution in [0.1, 0.15) is 59.4 Å². The van der Waals surface area contributed by atoms with Crippen LogP contribution in [-0.4, -0.2) is 16.6 Å². The van der Waals surface area contributed by atoms with Crippen molar-refractivity contribution in [3.63, 3.8) is 0 Å². The van der Waals surface area contributed by atoms with Gasteiger partial charge in [-0.3, -0.25) is 0 Å². The molecule has 0 unspecified atom stereocenters. The van der Waals surface area contributed by atoms with Crippen molar-refractivity contribution in [3.8, 4) is 5.75 Å². The first kappa shape index (κ1) is 24.9. The van der Waals surface area contributed by atoms with E-state index in [-0.39, 0.29) is 0 Å². The van der Waals surface area contributed by atoms with E-state index >= 15 is 0 Å². The third kappa shape index (κ3) is 9.27. The summed E-state index contributed by atoms with van der Waals surface area (Å²) >= 11 is 4.17. The predicted octanol–water partition coefficient (Wildman–Crippen LogP) is 7.57. The zero-order chi connectivity index (χ0) is 21.8. The molecular weight excluding hydrogens is 374 g/mol. The molecule has 1 N–H and O–H groups in total. The average Bonchev–Trinajstić information content (AvgIpc) is 2.68. The minimum Gasteiger partial charge on any atom is -0.508 e. The molecule has 0 aliphatic rings. The summed E-state index contributed by atoms with van der Waals surface area (Å²) in [5.41, 5.74) is 7.22. The number of aromatic hydroxyl groups is 1. The van der Waals surface area contributed by atoms with Crippen LogP contribution < -0.4 is 0 Å². The van der Waals surface area contributed by atoms with E-state index in [0.29, 0.717) is 5.75 Å². The van der Waals surface area contributed by atoms with E-state index in [4.69, 9.17) is 0 Å². The smallest absolute Gasteiger partial charge is 0.115 e. The van der Waals surface area contributed by atoms with Gasteiger partial charge in [-0.2, -0.15) is 12.6 Å². The van der Waals surface area contributed by atoms with Crippen LogP contribution in [0.2, 0.25) is 0 Å². The van der Waals surface area contributed by atoms with Crippen LogP contribution in [0.5, 0.6) is 5.75 Å². The van der Waals surface area contributed by atoms with E-state index in [1.54, 1.807) is 17.5 Å². The standard InChI is InChI=1S/C26H37NOS/c1-7-9-20(2)19-27(16-8-10-25-11-13-26(28)14-12-25)24(6)23(5)18-22(4)21(3)15-17-29/h11-15,17-19,28-29H,6-10,16H2,1-5H3/b17-15-,20-19+,22-21+,23-18+. The third-order valence-corrected chi connectivity index (χ3v) is 5.15. The van der Waals surface area contributed by atoms with Gasteiger partial charge in [-0.05, 0) is 86.8 Å².